The van der Waals surface area contributed by atoms with Crippen molar-refractivity contribution in [2.24, 2.45) is 0 Å². The predicted molar refractivity (Wildman–Crippen MR) is 80.7 cm³/mol. The number of carbonyl (C=O) groups is 1. The van der Waals surface area contributed by atoms with Crippen LogP contribution in [0.4, 0.5) is 0 Å². The molecule has 0 bridgehead atoms. The molecular formula is C15H18N2OS. The number of fused-ring (bicyclic) bond motifs is 1. The van der Waals surface area contributed by atoms with Crippen LogP contribution in [0.25, 0.3) is 10.9 Å². The molecule has 0 spiro atoms. The lowest BCUT2D eigenvalue weighted by Gasteiger charge is -2.13. The Morgan fingerprint density at radius 3 is 3.05 bits per heavy atom. The van der Waals surface area contributed by atoms with Crippen LogP contribution in [-0.4, -0.2) is 28.4 Å². The quantitative estimate of drug-likeness (QED) is 0.903. The van der Waals surface area contributed by atoms with Gasteiger partial charge in [0, 0.05) is 34.0 Å². The highest BCUT2D eigenvalue weighted by Gasteiger charge is 2.25. The average molecular weight is 274 g/mol. The van der Waals surface area contributed by atoms with Gasteiger partial charge in [-0.25, -0.2) is 0 Å². The van der Waals surface area contributed by atoms with E-state index in [0.717, 1.165) is 29.3 Å². The van der Waals surface area contributed by atoms with Crippen LogP contribution in [0.3, 0.4) is 0 Å². The van der Waals surface area contributed by atoms with Gasteiger partial charge < -0.3 is 10.3 Å². The number of rotatable bonds is 3. The van der Waals surface area contributed by atoms with Crippen LogP contribution in [0.15, 0.2) is 30.5 Å². The van der Waals surface area contributed by atoms with Gasteiger partial charge in [0.15, 0.2) is 0 Å². The summed E-state index contributed by atoms with van der Waals surface area (Å²) >= 11 is 1.91. The zero-order valence-corrected chi connectivity index (χ0v) is 11.8. The monoisotopic (exact) mass is 274 g/mol. The SMILES string of the molecule is CSC1CCC(NC(=O)c2cccc3[nH]ccc23)C1. The predicted octanol–water partition coefficient (Wildman–Crippen LogP) is 3.18. The minimum Gasteiger partial charge on any atom is -0.361 e. The summed E-state index contributed by atoms with van der Waals surface area (Å²) < 4.78 is 0. The Morgan fingerprint density at radius 1 is 1.37 bits per heavy atom. The van der Waals surface area contributed by atoms with E-state index in [1.807, 2.05) is 42.2 Å². The van der Waals surface area contributed by atoms with Gasteiger partial charge in [-0.2, -0.15) is 11.8 Å². The Hall–Kier alpha value is -1.42. The molecule has 100 valence electrons. The molecular weight excluding hydrogens is 256 g/mol. The maximum Gasteiger partial charge on any atom is 0.252 e. The molecule has 3 nitrogen and oxygen atoms in total. The Labute approximate surface area is 117 Å². The average Bonchev–Trinajstić information content (AvgIpc) is 3.05. The summed E-state index contributed by atoms with van der Waals surface area (Å²) in [5.41, 5.74) is 1.78. The zero-order chi connectivity index (χ0) is 13.2. The first-order chi connectivity index (χ1) is 9.28. The minimum atomic E-state index is 0.0527. The molecule has 2 unspecified atom stereocenters. The number of thioether (sulfide) groups is 1. The van der Waals surface area contributed by atoms with E-state index in [-0.39, 0.29) is 5.91 Å². The van der Waals surface area contributed by atoms with Crippen molar-refractivity contribution in [3.8, 4) is 0 Å². The van der Waals surface area contributed by atoms with E-state index in [1.165, 1.54) is 6.42 Å². The van der Waals surface area contributed by atoms with Crippen molar-refractivity contribution in [1.82, 2.24) is 10.3 Å². The van der Waals surface area contributed by atoms with E-state index in [2.05, 4.69) is 16.6 Å². The first-order valence-electron chi connectivity index (χ1n) is 6.67. The fourth-order valence-corrected chi connectivity index (χ4v) is 3.63. The lowest BCUT2D eigenvalue weighted by Crippen LogP contribution is -2.33. The maximum absolute atomic E-state index is 12.4. The number of H-pyrrole nitrogens is 1. The molecule has 2 atom stereocenters. The van der Waals surface area contributed by atoms with Crippen LogP contribution in [-0.2, 0) is 0 Å². The summed E-state index contributed by atoms with van der Waals surface area (Å²) in [5.74, 6) is 0.0527. The van der Waals surface area contributed by atoms with E-state index >= 15 is 0 Å². The van der Waals surface area contributed by atoms with E-state index in [1.54, 1.807) is 0 Å². The Morgan fingerprint density at radius 2 is 2.26 bits per heavy atom. The molecule has 1 heterocycles. The molecule has 1 aliphatic rings. The standard InChI is InChI=1S/C15H18N2OS/c1-19-11-6-5-10(9-11)17-15(18)13-3-2-4-14-12(13)7-8-16-14/h2-4,7-8,10-11,16H,5-6,9H2,1H3,(H,17,18). The number of hydrogen-bond acceptors (Lipinski definition) is 2. The van der Waals surface area contributed by atoms with Crippen LogP contribution in [0.1, 0.15) is 29.6 Å². The lowest BCUT2D eigenvalue weighted by atomic mass is 10.1. The molecule has 2 aromatic rings. The molecule has 19 heavy (non-hydrogen) atoms. The molecule has 0 saturated heterocycles. The highest BCUT2D eigenvalue weighted by molar-refractivity contribution is 7.99. The largest absolute Gasteiger partial charge is 0.361 e. The van der Waals surface area contributed by atoms with Crippen molar-refractivity contribution in [2.45, 2.75) is 30.6 Å². The number of aromatic nitrogens is 1. The third-order valence-electron chi connectivity index (χ3n) is 3.89. The first-order valence-corrected chi connectivity index (χ1v) is 7.96. The normalized spacial score (nSPS) is 22.8. The highest BCUT2D eigenvalue weighted by Crippen LogP contribution is 2.28. The third-order valence-corrected chi connectivity index (χ3v) is 4.99. The number of hydrogen-bond donors (Lipinski definition) is 2. The van der Waals surface area contributed by atoms with E-state index in [4.69, 9.17) is 0 Å². The van der Waals surface area contributed by atoms with Crippen LogP contribution in [0, 0.1) is 0 Å². The second-order valence-corrected chi connectivity index (χ2v) is 6.22. The lowest BCUT2D eigenvalue weighted by molar-refractivity contribution is 0.0939. The van der Waals surface area contributed by atoms with Crippen LogP contribution < -0.4 is 5.32 Å². The Kier molecular flexibility index (Phi) is 3.51. The summed E-state index contributed by atoms with van der Waals surface area (Å²) in [4.78, 5) is 15.5. The van der Waals surface area contributed by atoms with Gasteiger partial charge in [-0.05, 0) is 43.7 Å². The number of carbonyl (C=O) groups excluding carboxylic acids is 1. The van der Waals surface area contributed by atoms with Gasteiger partial charge >= 0.3 is 0 Å². The topological polar surface area (TPSA) is 44.9 Å². The molecule has 3 rings (SSSR count). The smallest absolute Gasteiger partial charge is 0.252 e. The molecule has 1 aromatic heterocycles. The van der Waals surface area contributed by atoms with E-state index in [0.29, 0.717) is 11.3 Å². The van der Waals surface area contributed by atoms with Gasteiger partial charge in [0.1, 0.15) is 0 Å². The van der Waals surface area contributed by atoms with Crippen molar-refractivity contribution in [2.75, 3.05) is 6.26 Å². The van der Waals surface area contributed by atoms with Gasteiger partial charge in [-0.1, -0.05) is 6.07 Å². The summed E-state index contributed by atoms with van der Waals surface area (Å²) in [6, 6.07) is 8.11. The van der Waals surface area contributed by atoms with Crippen LogP contribution in [0.5, 0.6) is 0 Å². The number of nitrogens with one attached hydrogen (secondary N) is 2. The molecule has 1 aliphatic carbocycles. The fraction of sp³-hybridized carbons (Fsp3) is 0.400. The van der Waals surface area contributed by atoms with E-state index in [9.17, 15) is 4.79 Å². The Balaban J connectivity index is 1.76. The van der Waals surface area contributed by atoms with Crippen molar-refractivity contribution >= 4 is 28.6 Å². The van der Waals surface area contributed by atoms with Crippen molar-refractivity contribution in [1.29, 1.82) is 0 Å². The number of aromatic amines is 1. The van der Waals surface area contributed by atoms with Crippen molar-refractivity contribution in [3.63, 3.8) is 0 Å². The minimum absolute atomic E-state index is 0.0527. The number of amides is 1. The first kappa shape index (κ1) is 12.6. The van der Waals surface area contributed by atoms with Gasteiger partial charge in [0.2, 0.25) is 0 Å². The van der Waals surface area contributed by atoms with E-state index < -0.39 is 0 Å². The molecule has 4 heteroatoms. The van der Waals surface area contributed by atoms with Gasteiger partial charge in [-0.3, -0.25) is 4.79 Å². The van der Waals surface area contributed by atoms with Crippen LogP contribution in [0.2, 0.25) is 0 Å². The summed E-state index contributed by atoms with van der Waals surface area (Å²) in [6.45, 7) is 0. The van der Waals surface area contributed by atoms with Gasteiger partial charge in [0.05, 0.1) is 0 Å². The highest BCUT2D eigenvalue weighted by atomic mass is 32.2. The van der Waals surface area contributed by atoms with Gasteiger partial charge in [0.25, 0.3) is 5.91 Å². The fourth-order valence-electron chi connectivity index (χ4n) is 2.83. The second kappa shape index (κ2) is 5.29. The molecule has 0 aliphatic heterocycles. The van der Waals surface area contributed by atoms with Crippen molar-refractivity contribution in [3.05, 3.63) is 36.0 Å². The van der Waals surface area contributed by atoms with Crippen molar-refractivity contribution < 1.29 is 4.79 Å². The zero-order valence-electron chi connectivity index (χ0n) is 11.0. The third kappa shape index (κ3) is 2.50. The van der Waals surface area contributed by atoms with Gasteiger partial charge in [-0.15, -0.1) is 0 Å². The molecule has 2 N–H and O–H groups in total. The summed E-state index contributed by atoms with van der Waals surface area (Å²) in [6.07, 6.45) is 7.42. The molecule has 1 saturated carbocycles. The Bertz CT molecular complexity index is 593. The summed E-state index contributed by atoms with van der Waals surface area (Å²) in [7, 11) is 0. The second-order valence-electron chi connectivity index (χ2n) is 5.09. The van der Waals surface area contributed by atoms with Crippen LogP contribution >= 0.6 is 11.8 Å². The number of benzene rings is 1. The molecule has 1 aromatic carbocycles. The molecule has 1 amide bonds. The molecule has 1 fully saturated rings. The molecule has 0 radical (unpaired) electrons. The summed E-state index contributed by atoms with van der Waals surface area (Å²) in [5, 5.41) is 4.88. The maximum atomic E-state index is 12.4.